The molecule has 5 nitrogen and oxygen atoms in total. The van der Waals surface area contributed by atoms with Gasteiger partial charge in [-0.25, -0.2) is 31.1 Å². The molecular weight excluding hydrogens is 424 g/mol. The van der Waals surface area contributed by atoms with E-state index in [-0.39, 0.29) is 16.3 Å². The van der Waals surface area contributed by atoms with Gasteiger partial charge in [-0.2, -0.15) is 0 Å². The maximum Gasteiger partial charge on any atom is 0.298 e. The van der Waals surface area contributed by atoms with Gasteiger partial charge in [-0.3, -0.25) is 0 Å². The van der Waals surface area contributed by atoms with Gasteiger partial charge in [-0.15, -0.1) is 0 Å². The van der Waals surface area contributed by atoms with E-state index in [1.807, 2.05) is 0 Å². The lowest BCUT2D eigenvalue weighted by molar-refractivity contribution is 0.113. The number of rotatable bonds is 4. The summed E-state index contributed by atoms with van der Waals surface area (Å²) in [4.78, 5) is -1.11. The van der Waals surface area contributed by atoms with Crippen LogP contribution >= 0.6 is 11.6 Å². The SMILES string of the molecule is Cc1cc(Cl)cc(-c2noc(C(F)F)c2-c2cc(F)c(S(N)(=O)=O)cc2F)c1. The van der Waals surface area contributed by atoms with Crippen molar-refractivity contribution in [2.24, 2.45) is 5.14 Å². The van der Waals surface area contributed by atoms with Gasteiger partial charge in [0.15, 0.2) is 0 Å². The topological polar surface area (TPSA) is 86.2 Å². The van der Waals surface area contributed by atoms with Crippen LogP contribution in [0.3, 0.4) is 0 Å². The number of hydrogen-bond acceptors (Lipinski definition) is 4. The molecule has 0 amide bonds. The van der Waals surface area contributed by atoms with E-state index in [4.69, 9.17) is 16.7 Å². The molecule has 2 N–H and O–H groups in total. The van der Waals surface area contributed by atoms with Gasteiger partial charge < -0.3 is 4.52 Å². The summed E-state index contributed by atoms with van der Waals surface area (Å²) in [5.41, 5.74) is -0.497. The van der Waals surface area contributed by atoms with Gasteiger partial charge in [0.2, 0.25) is 15.8 Å². The Morgan fingerprint density at radius 3 is 2.36 bits per heavy atom. The first-order valence-electron chi connectivity index (χ1n) is 7.56. The standard InChI is InChI=1S/C17H11ClF4N2O3S/c1-7-2-8(4-9(18)3-7)15-14(16(17(21)22)27-24-15)10-5-12(20)13(6-11(10)19)28(23,25)26/h2-6,17H,1H3,(H2,23,25,26). The summed E-state index contributed by atoms with van der Waals surface area (Å²) in [5, 5.41) is 8.65. The third kappa shape index (κ3) is 3.75. The fraction of sp³-hybridized carbons (Fsp3) is 0.118. The van der Waals surface area contributed by atoms with E-state index in [1.165, 1.54) is 12.1 Å². The summed E-state index contributed by atoms with van der Waals surface area (Å²) in [6.45, 7) is 1.68. The molecule has 0 atom stereocenters. The van der Waals surface area contributed by atoms with E-state index in [0.717, 1.165) is 0 Å². The second-order valence-electron chi connectivity index (χ2n) is 5.90. The number of benzene rings is 2. The molecule has 11 heteroatoms. The minimum atomic E-state index is -4.56. The lowest BCUT2D eigenvalue weighted by Gasteiger charge is -2.09. The fourth-order valence-corrected chi connectivity index (χ4v) is 3.61. The third-order valence-electron chi connectivity index (χ3n) is 3.83. The van der Waals surface area contributed by atoms with Crippen molar-refractivity contribution in [1.82, 2.24) is 5.16 Å². The molecule has 0 unspecified atom stereocenters. The minimum Gasteiger partial charge on any atom is -0.354 e. The van der Waals surface area contributed by atoms with Crippen LogP contribution < -0.4 is 5.14 Å². The van der Waals surface area contributed by atoms with E-state index >= 15 is 0 Å². The van der Waals surface area contributed by atoms with Gasteiger partial charge in [0.05, 0.1) is 5.56 Å². The highest BCUT2D eigenvalue weighted by atomic mass is 35.5. The maximum absolute atomic E-state index is 14.6. The van der Waals surface area contributed by atoms with Crippen LogP contribution in [0.2, 0.25) is 5.02 Å². The second-order valence-corrected chi connectivity index (χ2v) is 7.86. The molecule has 0 radical (unpaired) electrons. The monoisotopic (exact) mass is 434 g/mol. The molecule has 0 aliphatic rings. The number of primary sulfonamides is 1. The third-order valence-corrected chi connectivity index (χ3v) is 4.97. The molecule has 0 aliphatic carbocycles. The molecule has 1 aromatic heterocycles. The van der Waals surface area contributed by atoms with E-state index in [0.29, 0.717) is 17.7 Å². The molecule has 3 rings (SSSR count). The molecule has 2 aromatic carbocycles. The zero-order valence-corrected chi connectivity index (χ0v) is 15.6. The van der Waals surface area contributed by atoms with E-state index in [1.54, 1.807) is 13.0 Å². The molecule has 3 aromatic rings. The van der Waals surface area contributed by atoms with Crippen molar-refractivity contribution in [3.8, 4) is 22.4 Å². The van der Waals surface area contributed by atoms with Crippen LogP contribution in [0.5, 0.6) is 0 Å². The predicted octanol–water partition coefficient (Wildman–Crippen LogP) is 4.83. The van der Waals surface area contributed by atoms with Crippen molar-refractivity contribution >= 4 is 21.6 Å². The molecule has 0 fully saturated rings. The molecule has 28 heavy (non-hydrogen) atoms. The molecule has 0 aliphatic heterocycles. The molecule has 0 bridgehead atoms. The highest BCUT2D eigenvalue weighted by Crippen LogP contribution is 2.41. The number of sulfonamides is 1. The van der Waals surface area contributed by atoms with Crippen LogP contribution in [0.15, 0.2) is 39.8 Å². The number of nitrogens with two attached hydrogens (primary N) is 1. The number of hydrogen-bond donors (Lipinski definition) is 1. The first kappa shape index (κ1) is 20.3. The average Bonchev–Trinajstić information content (AvgIpc) is 2.99. The fourth-order valence-electron chi connectivity index (χ4n) is 2.72. The molecule has 148 valence electrons. The lowest BCUT2D eigenvalue weighted by Crippen LogP contribution is -2.14. The summed E-state index contributed by atoms with van der Waals surface area (Å²) in [7, 11) is -4.56. The Balaban J connectivity index is 2.33. The smallest absolute Gasteiger partial charge is 0.298 e. The Kier molecular flexibility index (Phi) is 5.22. The summed E-state index contributed by atoms with van der Waals surface area (Å²) < 4.78 is 83.0. The highest BCUT2D eigenvalue weighted by Gasteiger charge is 2.29. The van der Waals surface area contributed by atoms with E-state index in [2.05, 4.69) is 9.68 Å². The van der Waals surface area contributed by atoms with Gasteiger partial charge in [-0.05, 0) is 42.8 Å². The second kappa shape index (κ2) is 7.19. The largest absolute Gasteiger partial charge is 0.354 e. The molecule has 0 saturated carbocycles. The zero-order chi connectivity index (χ0) is 20.8. The lowest BCUT2D eigenvalue weighted by atomic mass is 9.97. The highest BCUT2D eigenvalue weighted by molar-refractivity contribution is 7.89. The molecule has 0 spiro atoms. The Bertz CT molecular complexity index is 1160. The Morgan fingerprint density at radius 2 is 1.79 bits per heavy atom. The number of nitrogens with zero attached hydrogens (tertiary/aromatic N) is 1. The van der Waals surface area contributed by atoms with Crippen LogP contribution in [0, 0.1) is 18.6 Å². The first-order valence-corrected chi connectivity index (χ1v) is 9.49. The van der Waals surface area contributed by atoms with Gasteiger partial charge >= 0.3 is 0 Å². The van der Waals surface area contributed by atoms with Crippen LogP contribution in [0.4, 0.5) is 17.6 Å². The van der Waals surface area contributed by atoms with Gasteiger partial charge in [-0.1, -0.05) is 16.8 Å². The number of aromatic nitrogens is 1. The summed E-state index contributed by atoms with van der Waals surface area (Å²) in [6.07, 6.45) is -3.20. The van der Waals surface area contributed by atoms with Gasteiger partial charge in [0, 0.05) is 16.1 Å². The van der Waals surface area contributed by atoms with Crippen molar-refractivity contribution in [3.63, 3.8) is 0 Å². The number of halogens is 5. The van der Waals surface area contributed by atoms with Crippen molar-refractivity contribution in [2.45, 2.75) is 18.2 Å². The van der Waals surface area contributed by atoms with Crippen molar-refractivity contribution < 1.29 is 30.5 Å². The molecule has 0 saturated heterocycles. The molecular formula is C17H11ClF4N2O3S. The van der Waals surface area contributed by atoms with Crippen molar-refractivity contribution in [1.29, 1.82) is 0 Å². The van der Waals surface area contributed by atoms with Gasteiger partial charge in [0.1, 0.15) is 22.2 Å². The number of alkyl halides is 2. The van der Waals surface area contributed by atoms with Crippen molar-refractivity contribution in [2.75, 3.05) is 0 Å². The Morgan fingerprint density at radius 1 is 1.11 bits per heavy atom. The Labute approximate surface area is 161 Å². The van der Waals surface area contributed by atoms with Crippen LogP contribution in [0.25, 0.3) is 22.4 Å². The zero-order valence-electron chi connectivity index (χ0n) is 14.0. The van der Waals surface area contributed by atoms with Crippen molar-refractivity contribution in [3.05, 3.63) is 58.3 Å². The summed E-state index contributed by atoms with van der Waals surface area (Å²) >= 11 is 5.97. The predicted molar refractivity (Wildman–Crippen MR) is 93.4 cm³/mol. The maximum atomic E-state index is 14.6. The number of aryl methyl sites for hydroxylation is 1. The van der Waals surface area contributed by atoms with Crippen LogP contribution in [-0.4, -0.2) is 13.6 Å². The summed E-state index contributed by atoms with van der Waals surface area (Å²) in [6, 6.07) is 5.29. The molecule has 1 heterocycles. The van der Waals surface area contributed by atoms with E-state index in [9.17, 15) is 26.0 Å². The quantitative estimate of drug-likeness (QED) is 0.596. The van der Waals surface area contributed by atoms with E-state index < -0.39 is 49.9 Å². The Hall–Kier alpha value is -2.43. The minimum absolute atomic E-state index is 0.206. The van der Waals surface area contributed by atoms with Gasteiger partial charge in [0.25, 0.3) is 6.43 Å². The van der Waals surface area contributed by atoms with Crippen LogP contribution in [-0.2, 0) is 10.0 Å². The van der Waals surface area contributed by atoms with Crippen LogP contribution in [0.1, 0.15) is 17.7 Å². The summed E-state index contributed by atoms with van der Waals surface area (Å²) in [5.74, 6) is -3.71. The average molecular weight is 435 g/mol. The normalized spacial score (nSPS) is 12.0. The first-order chi connectivity index (χ1) is 13.0.